The van der Waals surface area contributed by atoms with Gasteiger partial charge in [0.1, 0.15) is 0 Å². The number of aryl methyl sites for hydroxylation is 5. The molecule has 5 radical (unpaired) electrons. The van der Waals surface area contributed by atoms with Gasteiger partial charge in [0.15, 0.2) is 0 Å². The normalized spacial score (nSPS) is 9.85. The van der Waals surface area contributed by atoms with E-state index in [9.17, 15) is 0 Å². The molecule has 0 amide bonds. The molecule has 5 aromatic heterocycles. The topological polar surface area (TPSA) is 64.5 Å². The molecule has 10 aromatic carbocycles. The molecule has 505 valence electrons. The van der Waals surface area contributed by atoms with Crippen LogP contribution in [0.1, 0.15) is 27.9 Å². The van der Waals surface area contributed by atoms with E-state index in [0.717, 1.165) is 62.0 Å². The van der Waals surface area contributed by atoms with Gasteiger partial charge in [-0.1, -0.05) is 222 Å². The summed E-state index contributed by atoms with van der Waals surface area (Å²) in [5.74, 6) is 0. The van der Waals surface area contributed by atoms with E-state index in [0.29, 0.717) is 0 Å². The first-order valence-electron chi connectivity index (χ1n) is 31.7. The van der Waals surface area contributed by atoms with Gasteiger partial charge in [0.05, 0.1) is 0 Å². The Bertz CT molecular complexity index is 4610. The smallest absolute Gasteiger partial charge is 0.0266 e. The average molecular weight is 2180 g/mol. The van der Waals surface area contributed by atoms with Crippen LogP contribution in [0.15, 0.2) is 334 Å². The minimum atomic E-state index is 0. The third-order valence-corrected chi connectivity index (χ3v) is 15.6. The molecular weight excluding hydrogens is 2110 g/mol. The molecule has 100 heavy (non-hydrogen) atoms. The van der Waals surface area contributed by atoms with Crippen molar-refractivity contribution in [2.24, 2.45) is 0 Å². The molecule has 15 aromatic rings. The van der Waals surface area contributed by atoms with E-state index in [2.05, 4.69) is 264 Å². The number of hydrogen-bond donors (Lipinski definition) is 0. The molecule has 0 N–H and O–H groups in total. The van der Waals surface area contributed by atoms with Gasteiger partial charge in [-0.05, 0) is 115 Å². The average Bonchev–Trinajstić information content (AvgIpc) is 0.877. The first-order chi connectivity index (χ1) is 46.6. The quantitative estimate of drug-likeness (QED) is 0.128. The van der Waals surface area contributed by atoms with E-state index < -0.39 is 0 Å². The van der Waals surface area contributed by atoms with Gasteiger partial charge in [0.25, 0.3) is 0 Å². The summed E-state index contributed by atoms with van der Waals surface area (Å²) in [6.07, 6.45) is 7.36. The minimum Gasteiger partial charge on any atom is -0.305 e. The summed E-state index contributed by atoms with van der Waals surface area (Å²) in [6, 6.07) is 121. The number of aromatic nitrogens is 5. The van der Waals surface area contributed by atoms with E-state index in [-0.39, 0.29) is 101 Å². The fourth-order valence-electron chi connectivity index (χ4n) is 10.5. The Kier molecular flexibility index (Phi) is 33.4. The van der Waals surface area contributed by atoms with Crippen molar-refractivity contribution in [1.29, 1.82) is 0 Å². The van der Waals surface area contributed by atoms with Crippen LogP contribution in [0.2, 0.25) is 0 Å². The summed E-state index contributed by atoms with van der Waals surface area (Å²) in [4.78, 5) is 22.2. The predicted octanol–water partition coefficient (Wildman–Crippen LogP) is 22.6. The summed E-state index contributed by atoms with van der Waals surface area (Å²) < 4.78 is 0. The molecule has 15 rings (SSSR count). The molecule has 0 spiro atoms. The van der Waals surface area contributed by atoms with Crippen LogP contribution in [0.5, 0.6) is 0 Å². The Morgan fingerprint density at radius 3 is 1.10 bits per heavy atom. The molecule has 0 aliphatic heterocycles. The third kappa shape index (κ3) is 23.4. The molecule has 0 saturated heterocycles. The van der Waals surface area contributed by atoms with Gasteiger partial charge in [0.2, 0.25) is 0 Å². The van der Waals surface area contributed by atoms with Crippen LogP contribution in [0.4, 0.5) is 0 Å². The Morgan fingerprint density at radius 2 is 0.660 bits per heavy atom. The van der Waals surface area contributed by atoms with E-state index in [4.69, 9.17) is 0 Å². The second-order valence-corrected chi connectivity index (χ2v) is 22.8. The van der Waals surface area contributed by atoms with Gasteiger partial charge in [-0.3, -0.25) is 0 Å². The SMILES string of the molecule is Cc1ccc(-c2[c-]ccc(-c3ccccc3)c2)nc1.Cc1ccc(-c2cc[c-]c(-c3ccccn3)c2)cc1.Cc1cccc(-c2[c-]ccc(-c3ccccc3)c2)n1.Cc1cccnc1-c1[c-]cc(-c2ccccc2)cc1.Cc1ccnc(-c2[c-]ccc(-c3ccccc3)c2)c1.[Ir].[Ir].[Ir].[Ir].[Ir]. The molecule has 0 saturated carbocycles. The van der Waals surface area contributed by atoms with Crippen LogP contribution >= 0.6 is 0 Å². The maximum Gasteiger partial charge on any atom is 0.0266 e. The number of benzene rings is 10. The molecule has 0 fully saturated rings. The third-order valence-electron chi connectivity index (χ3n) is 15.6. The Balaban J connectivity index is 0.000000194. The van der Waals surface area contributed by atoms with Gasteiger partial charge in [-0.25, -0.2) is 0 Å². The van der Waals surface area contributed by atoms with Gasteiger partial charge in [-0.15, -0.1) is 171 Å². The number of nitrogens with zero attached hydrogens (tertiary/aromatic N) is 5. The standard InChI is InChI=1S/5C18H14N.5Ir/c1-14-8-10-15(11-9-14)16-5-4-6-17(13-16)18-7-2-3-12-19-18;1-14-7-5-12-18(19-14)17-11-6-10-16(13-17)15-8-3-2-4-9-15;1-14-6-5-13-19-18(14)17-11-9-16(10-12-17)15-7-3-2-4-8-15;1-14-10-11-18(19-13-14)17-9-5-8-16(12-17)15-6-3-2-4-7-15;1-14-10-11-19-18(12-14)17-9-5-8-16(13-17)15-6-3-2-4-7-15;;;;;/h2-5,7-13H,1H3;2-10,12-13H,1H3;2-11,13H,1H3;2*2-8,10-13H,1H3;;;;;/q5*-1;;;;;. The second-order valence-electron chi connectivity index (χ2n) is 22.8. The fourth-order valence-corrected chi connectivity index (χ4v) is 10.5. The predicted molar refractivity (Wildman–Crippen MR) is 393 cm³/mol. The van der Waals surface area contributed by atoms with Crippen molar-refractivity contribution in [3.05, 3.63) is 392 Å². The molecular formula is C90H70Ir5N5-5. The molecule has 10 heteroatoms. The summed E-state index contributed by atoms with van der Waals surface area (Å²) in [7, 11) is 0. The summed E-state index contributed by atoms with van der Waals surface area (Å²) in [6.45, 7) is 10.3. The zero-order valence-electron chi connectivity index (χ0n) is 55.7. The van der Waals surface area contributed by atoms with E-state index >= 15 is 0 Å². The van der Waals surface area contributed by atoms with E-state index in [1.807, 2.05) is 160 Å². The van der Waals surface area contributed by atoms with Crippen LogP contribution < -0.4 is 0 Å². The first kappa shape index (κ1) is 80.2. The summed E-state index contributed by atoms with van der Waals surface area (Å²) >= 11 is 0. The van der Waals surface area contributed by atoms with Gasteiger partial charge in [0, 0.05) is 131 Å². The molecule has 0 aliphatic rings. The van der Waals surface area contributed by atoms with Gasteiger partial charge >= 0.3 is 0 Å². The maximum atomic E-state index is 4.55. The fraction of sp³-hybridized carbons (Fsp3) is 0.0556. The molecule has 5 heterocycles. The summed E-state index contributed by atoms with van der Waals surface area (Å²) in [5.41, 5.74) is 27.9. The summed E-state index contributed by atoms with van der Waals surface area (Å²) in [5, 5.41) is 0. The van der Waals surface area contributed by atoms with Crippen molar-refractivity contribution in [3.8, 4) is 112 Å². The van der Waals surface area contributed by atoms with Crippen molar-refractivity contribution in [3.63, 3.8) is 0 Å². The van der Waals surface area contributed by atoms with Crippen molar-refractivity contribution >= 4 is 0 Å². The molecule has 5 nitrogen and oxygen atoms in total. The molecule has 0 aliphatic carbocycles. The monoisotopic (exact) mass is 2190 g/mol. The molecule has 0 unspecified atom stereocenters. The van der Waals surface area contributed by atoms with Crippen molar-refractivity contribution in [1.82, 2.24) is 24.9 Å². The zero-order chi connectivity index (χ0) is 65.4. The minimum absolute atomic E-state index is 0. The van der Waals surface area contributed by atoms with Crippen LogP contribution in [-0.4, -0.2) is 24.9 Å². The first-order valence-corrected chi connectivity index (χ1v) is 31.7. The largest absolute Gasteiger partial charge is 0.305 e. The Hall–Kier alpha value is -8.80. The number of pyridine rings is 5. The number of hydrogen-bond acceptors (Lipinski definition) is 5. The van der Waals surface area contributed by atoms with Crippen molar-refractivity contribution in [2.75, 3.05) is 0 Å². The van der Waals surface area contributed by atoms with Gasteiger partial charge < -0.3 is 24.9 Å². The van der Waals surface area contributed by atoms with Crippen LogP contribution in [-0.2, 0) is 101 Å². The van der Waals surface area contributed by atoms with E-state index in [1.54, 1.807) is 0 Å². The van der Waals surface area contributed by atoms with Crippen molar-refractivity contribution < 1.29 is 101 Å². The zero-order valence-corrected chi connectivity index (χ0v) is 67.6. The Morgan fingerprint density at radius 1 is 0.240 bits per heavy atom. The van der Waals surface area contributed by atoms with Crippen molar-refractivity contribution in [2.45, 2.75) is 34.6 Å². The second kappa shape index (κ2) is 41.7. The van der Waals surface area contributed by atoms with Crippen LogP contribution in [0, 0.1) is 65.0 Å². The van der Waals surface area contributed by atoms with Gasteiger partial charge in [-0.2, -0.15) is 0 Å². The molecule has 0 atom stereocenters. The maximum absolute atomic E-state index is 4.55. The van der Waals surface area contributed by atoms with Crippen LogP contribution in [0.25, 0.3) is 112 Å². The van der Waals surface area contributed by atoms with E-state index in [1.165, 1.54) is 77.9 Å². The van der Waals surface area contributed by atoms with Crippen LogP contribution in [0.3, 0.4) is 0 Å². The number of rotatable bonds is 10. The molecule has 0 bridgehead atoms. The Labute approximate surface area is 658 Å².